The fraction of sp³-hybridized carbons (Fsp3) is 0.636. The van der Waals surface area contributed by atoms with Crippen LogP contribution < -0.4 is 10.2 Å². The van der Waals surface area contributed by atoms with Crippen molar-refractivity contribution in [1.82, 2.24) is 15.3 Å². The Morgan fingerprint density at radius 3 is 2.47 bits per heavy atom. The average Bonchev–Trinajstić information content (AvgIpc) is 2.30. The molecule has 2 atom stereocenters. The number of fused-ring (bicyclic) bond motifs is 2. The normalized spacial score (nSPS) is 30.3. The third kappa shape index (κ3) is 1.81. The van der Waals surface area contributed by atoms with Gasteiger partial charge in [0.05, 0.1) is 0 Å². The highest BCUT2D eigenvalue weighted by molar-refractivity contribution is 5.31. The van der Waals surface area contributed by atoms with Gasteiger partial charge in [0.25, 0.3) is 0 Å². The SMILES string of the molecule is c1cnc(N2CC3CCCC(C2)N3)nc1. The molecule has 0 spiro atoms. The first-order valence-corrected chi connectivity index (χ1v) is 5.70. The van der Waals surface area contributed by atoms with Gasteiger partial charge < -0.3 is 10.2 Å². The molecule has 2 aliphatic rings. The molecule has 4 nitrogen and oxygen atoms in total. The van der Waals surface area contributed by atoms with Gasteiger partial charge in [0, 0.05) is 37.6 Å². The molecule has 1 N–H and O–H groups in total. The van der Waals surface area contributed by atoms with Gasteiger partial charge in [-0.1, -0.05) is 6.42 Å². The van der Waals surface area contributed by atoms with Crippen LogP contribution in [0.2, 0.25) is 0 Å². The summed E-state index contributed by atoms with van der Waals surface area (Å²) in [4.78, 5) is 10.9. The summed E-state index contributed by atoms with van der Waals surface area (Å²) >= 11 is 0. The molecule has 0 saturated carbocycles. The Bertz CT molecular complexity index is 315. The third-order valence-corrected chi connectivity index (χ3v) is 3.29. The lowest BCUT2D eigenvalue weighted by Crippen LogP contribution is -2.59. The lowest BCUT2D eigenvalue weighted by atomic mass is 9.94. The maximum atomic E-state index is 4.32. The van der Waals surface area contributed by atoms with Crippen LogP contribution in [-0.2, 0) is 0 Å². The molecule has 2 aliphatic heterocycles. The molecule has 4 heteroatoms. The summed E-state index contributed by atoms with van der Waals surface area (Å²) in [7, 11) is 0. The first-order chi connectivity index (χ1) is 7.42. The zero-order valence-corrected chi connectivity index (χ0v) is 8.76. The molecular weight excluding hydrogens is 188 g/mol. The van der Waals surface area contributed by atoms with Gasteiger partial charge in [-0.2, -0.15) is 0 Å². The number of hydrogen-bond acceptors (Lipinski definition) is 4. The molecule has 0 aromatic carbocycles. The Morgan fingerprint density at radius 1 is 1.13 bits per heavy atom. The van der Waals surface area contributed by atoms with Crippen molar-refractivity contribution in [3.8, 4) is 0 Å². The predicted octanol–water partition coefficient (Wildman–Crippen LogP) is 0.807. The van der Waals surface area contributed by atoms with Crippen molar-refractivity contribution in [2.24, 2.45) is 0 Å². The van der Waals surface area contributed by atoms with E-state index in [1.54, 1.807) is 0 Å². The zero-order valence-electron chi connectivity index (χ0n) is 8.76. The molecule has 2 unspecified atom stereocenters. The molecule has 0 aliphatic carbocycles. The van der Waals surface area contributed by atoms with E-state index in [1.807, 2.05) is 18.5 Å². The number of anilines is 1. The number of piperazine rings is 1. The van der Waals surface area contributed by atoms with Crippen molar-refractivity contribution in [1.29, 1.82) is 0 Å². The molecule has 3 rings (SSSR count). The van der Waals surface area contributed by atoms with Crippen LogP contribution in [0.15, 0.2) is 18.5 Å². The molecule has 2 bridgehead atoms. The Morgan fingerprint density at radius 2 is 1.80 bits per heavy atom. The second-order valence-electron chi connectivity index (χ2n) is 4.45. The number of nitrogens with one attached hydrogen (secondary N) is 1. The topological polar surface area (TPSA) is 41.1 Å². The van der Waals surface area contributed by atoms with Crippen LogP contribution >= 0.6 is 0 Å². The molecule has 0 amide bonds. The van der Waals surface area contributed by atoms with Crippen molar-refractivity contribution >= 4 is 5.95 Å². The van der Waals surface area contributed by atoms with Crippen molar-refractivity contribution in [2.45, 2.75) is 31.3 Å². The summed E-state index contributed by atoms with van der Waals surface area (Å²) in [6.45, 7) is 2.11. The first-order valence-electron chi connectivity index (χ1n) is 5.70. The summed E-state index contributed by atoms with van der Waals surface area (Å²) in [6.07, 6.45) is 7.59. The molecule has 1 aromatic heterocycles. The summed E-state index contributed by atoms with van der Waals surface area (Å²) < 4.78 is 0. The molecular formula is C11H16N4. The number of aromatic nitrogens is 2. The fourth-order valence-corrected chi connectivity index (χ4v) is 2.62. The van der Waals surface area contributed by atoms with Crippen LogP contribution in [0.3, 0.4) is 0 Å². The van der Waals surface area contributed by atoms with Crippen LogP contribution in [-0.4, -0.2) is 35.1 Å². The summed E-state index contributed by atoms with van der Waals surface area (Å²) in [5.74, 6) is 0.885. The number of piperidine rings is 1. The zero-order chi connectivity index (χ0) is 10.1. The monoisotopic (exact) mass is 204 g/mol. The van der Waals surface area contributed by atoms with Gasteiger partial charge in [-0.15, -0.1) is 0 Å². The molecule has 80 valence electrons. The van der Waals surface area contributed by atoms with Gasteiger partial charge in [0.2, 0.25) is 5.95 Å². The maximum absolute atomic E-state index is 4.32. The van der Waals surface area contributed by atoms with Gasteiger partial charge in [-0.3, -0.25) is 0 Å². The minimum atomic E-state index is 0.640. The van der Waals surface area contributed by atoms with Crippen molar-refractivity contribution in [3.63, 3.8) is 0 Å². The van der Waals surface area contributed by atoms with Crippen LogP contribution in [0.25, 0.3) is 0 Å². The second kappa shape index (κ2) is 3.77. The Labute approximate surface area is 89.7 Å². The van der Waals surface area contributed by atoms with Gasteiger partial charge in [-0.05, 0) is 18.9 Å². The highest BCUT2D eigenvalue weighted by Gasteiger charge is 2.30. The smallest absolute Gasteiger partial charge is 0.225 e. The maximum Gasteiger partial charge on any atom is 0.225 e. The summed E-state index contributed by atoms with van der Waals surface area (Å²) in [5.41, 5.74) is 0. The Kier molecular flexibility index (Phi) is 2.29. The number of rotatable bonds is 1. The molecule has 0 radical (unpaired) electrons. The summed E-state index contributed by atoms with van der Waals surface area (Å²) in [6, 6.07) is 3.15. The van der Waals surface area contributed by atoms with E-state index >= 15 is 0 Å². The Hall–Kier alpha value is -1.16. The number of hydrogen-bond donors (Lipinski definition) is 1. The standard InChI is InChI=1S/C11H16N4/c1-3-9-7-15(8-10(4-1)14-9)11-12-5-2-6-13-11/h2,5-6,9-10,14H,1,3-4,7-8H2. The van der Waals surface area contributed by atoms with E-state index in [-0.39, 0.29) is 0 Å². The van der Waals surface area contributed by atoms with E-state index in [2.05, 4.69) is 20.2 Å². The third-order valence-electron chi connectivity index (χ3n) is 3.29. The highest BCUT2D eigenvalue weighted by atomic mass is 15.3. The first kappa shape index (κ1) is 9.09. The second-order valence-corrected chi connectivity index (χ2v) is 4.45. The largest absolute Gasteiger partial charge is 0.338 e. The quantitative estimate of drug-likeness (QED) is 0.735. The summed E-state index contributed by atoms with van der Waals surface area (Å²) in [5, 5.41) is 3.66. The van der Waals surface area contributed by atoms with E-state index in [1.165, 1.54) is 19.3 Å². The van der Waals surface area contributed by atoms with Gasteiger partial charge >= 0.3 is 0 Å². The van der Waals surface area contributed by atoms with Gasteiger partial charge in [0.15, 0.2) is 0 Å². The van der Waals surface area contributed by atoms with E-state index in [0.717, 1.165) is 19.0 Å². The molecule has 2 saturated heterocycles. The van der Waals surface area contributed by atoms with Crippen molar-refractivity contribution in [2.75, 3.05) is 18.0 Å². The van der Waals surface area contributed by atoms with Crippen LogP contribution in [0.5, 0.6) is 0 Å². The van der Waals surface area contributed by atoms with Crippen molar-refractivity contribution in [3.05, 3.63) is 18.5 Å². The van der Waals surface area contributed by atoms with E-state index in [0.29, 0.717) is 12.1 Å². The van der Waals surface area contributed by atoms with E-state index < -0.39 is 0 Å². The lowest BCUT2D eigenvalue weighted by molar-refractivity contribution is 0.281. The fourth-order valence-electron chi connectivity index (χ4n) is 2.62. The van der Waals surface area contributed by atoms with Gasteiger partial charge in [-0.25, -0.2) is 9.97 Å². The lowest BCUT2D eigenvalue weighted by Gasteiger charge is -2.42. The van der Waals surface area contributed by atoms with Gasteiger partial charge in [0.1, 0.15) is 0 Å². The minimum absolute atomic E-state index is 0.640. The van der Waals surface area contributed by atoms with Crippen molar-refractivity contribution < 1.29 is 0 Å². The highest BCUT2D eigenvalue weighted by Crippen LogP contribution is 2.21. The Balaban J connectivity index is 1.78. The molecule has 3 heterocycles. The van der Waals surface area contributed by atoms with Crippen LogP contribution in [0, 0.1) is 0 Å². The molecule has 2 fully saturated rings. The minimum Gasteiger partial charge on any atom is -0.338 e. The predicted molar refractivity (Wildman–Crippen MR) is 58.8 cm³/mol. The van der Waals surface area contributed by atoms with E-state index in [9.17, 15) is 0 Å². The average molecular weight is 204 g/mol. The van der Waals surface area contributed by atoms with E-state index in [4.69, 9.17) is 0 Å². The number of nitrogens with zero attached hydrogens (tertiary/aromatic N) is 3. The van der Waals surface area contributed by atoms with Crippen LogP contribution in [0.4, 0.5) is 5.95 Å². The molecule has 15 heavy (non-hydrogen) atoms. The molecule has 1 aromatic rings. The van der Waals surface area contributed by atoms with Crippen LogP contribution in [0.1, 0.15) is 19.3 Å².